The highest BCUT2D eigenvalue weighted by Gasteiger charge is 2.21. The van der Waals surface area contributed by atoms with Crippen molar-refractivity contribution in [3.8, 4) is 5.75 Å². The summed E-state index contributed by atoms with van der Waals surface area (Å²) in [5, 5.41) is 8.94. The molecule has 3 rings (SSSR count). The van der Waals surface area contributed by atoms with Crippen LogP contribution in [-0.4, -0.2) is 76.1 Å². The highest BCUT2D eigenvalue weighted by molar-refractivity contribution is 5.78. The number of fused-ring (bicyclic) bond motifs is 1. The lowest BCUT2D eigenvalue weighted by molar-refractivity contribution is -0.135. The van der Waals surface area contributed by atoms with E-state index in [-0.39, 0.29) is 19.1 Å². The van der Waals surface area contributed by atoms with Gasteiger partial charge in [-0.15, -0.1) is 0 Å². The first kappa shape index (κ1) is 15.8. The van der Waals surface area contributed by atoms with Gasteiger partial charge in [0.15, 0.2) is 18.0 Å². The molecule has 7 heteroatoms. The summed E-state index contributed by atoms with van der Waals surface area (Å²) >= 11 is 0. The van der Waals surface area contributed by atoms with E-state index in [2.05, 4.69) is 9.88 Å². The number of carbonyl (C=O) groups is 1. The normalized spacial score (nSPS) is 16.0. The number of ether oxygens (including phenoxy) is 1. The average molecular weight is 318 g/mol. The molecule has 3 heterocycles. The van der Waals surface area contributed by atoms with Crippen LogP contribution in [0.15, 0.2) is 24.5 Å². The Morgan fingerprint density at radius 3 is 2.87 bits per heavy atom. The number of hydrogen-bond acceptors (Lipinski definition) is 5. The van der Waals surface area contributed by atoms with Gasteiger partial charge in [-0.1, -0.05) is 0 Å². The second-order valence-electron chi connectivity index (χ2n) is 5.72. The van der Waals surface area contributed by atoms with Gasteiger partial charge in [0.2, 0.25) is 0 Å². The van der Waals surface area contributed by atoms with Gasteiger partial charge < -0.3 is 19.1 Å². The van der Waals surface area contributed by atoms with Crippen molar-refractivity contribution in [3.05, 3.63) is 30.2 Å². The van der Waals surface area contributed by atoms with E-state index >= 15 is 0 Å². The Morgan fingerprint density at radius 1 is 1.35 bits per heavy atom. The van der Waals surface area contributed by atoms with Gasteiger partial charge >= 0.3 is 0 Å². The van der Waals surface area contributed by atoms with Gasteiger partial charge in [0, 0.05) is 45.1 Å². The maximum Gasteiger partial charge on any atom is 0.260 e. The van der Waals surface area contributed by atoms with Crippen molar-refractivity contribution in [3.63, 3.8) is 0 Å². The summed E-state index contributed by atoms with van der Waals surface area (Å²) in [6.07, 6.45) is 3.83. The molecule has 1 aliphatic heterocycles. The molecule has 1 amide bonds. The molecule has 0 spiro atoms. The molecular weight excluding hydrogens is 296 g/mol. The number of pyridine rings is 1. The number of rotatable bonds is 5. The first-order valence-electron chi connectivity index (χ1n) is 7.85. The Kier molecular flexibility index (Phi) is 4.78. The highest BCUT2D eigenvalue weighted by Crippen LogP contribution is 2.18. The van der Waals surface area contributed by atoms with E-state index in [1.54, 1.807) is 0 Å². The van der Waals surface area contributed by atoms with Crippen LogP contribution < -0.4 is 4.74 Å². The molecule has 2 aromatic rings. The molecule has 2 aromatic heterocycles. The molecule has 1 aliphatic rings. The van der Waals surface area contributed by atoms with Gasteiger partial charge in [-0.3, -0.25) is 9.69 Å². The predicted octanol–water partition coefficient (Wildman–Crippen LogP) is 0.158. The van der Waals surface area contributed by atoms with E-state index in [0.717, 1.165) is 24.4 Å². The molecule has 1 fully saturated rings. The maximum atomic E-state index is 12.3. The number of imidazole rings is 1. The largest absolute Gasteiger partial charge is 0.480 e. The van der Waals surface area contributed by atoms with Crippen LogP contribution in [0.4, 0.5) is 0 Å². The Morgan fingerprint density at radius 2 is 2.13 bits per heavy atom. The summed E-state index contributed by atoms with van der Waals surface area (Å²) in [5.41, 5.74) is 1.64. The summed E-state index contributed by atoms with van der Waals surface area (Å²) in [6, 6.07) is 3.70. The first-order valence-corrected chi connectivity index (χ1v) is 7.85. The molecule has 1 saturated heterocycles. The average Bonchev–Trinajstić information content (AvgIpc) is 2.94. The molecule has 7 nitrogen and oxygen atoms in total. The van der Waals surface area contributed by atoms with E-state index in [9.17, 15) is 4.79 Å². The van der Waals surface area contributed by atoms with E-state index < -0.39 is 0 Å². The zero-order valence-corrected chi connectivity index (χ0v) is 13.3. The summed E-state index contributed by atoms with van der Waals surface area (Å²) in [7, 11) is 0. The number of aliphatic hydroxyl groups is 1. The fourth-order valence-corrected chi connectivity index (χ4v) is 2.82. The zero-order chi connectivity index (χ0) is 16.2. The number of amides is 1. The van der Waals surface area contributed by atoms with Crippen molar-refractivity contribution >= 4 is 11.6 Å². The number of aryl methyl sites for hydroxylation is 1. The SMILES string of the molecule is Cc1cn2cccc(OCC(=O)N3CCN(CCO)CC3)c2n1. The fourth-order valence-electron chi connectivity index (χ4n) is 2.82. The molecule has 0 aliphatic carbocycles. The smallest absolute Gasteiger partial charge is 0.260 e. The molecular formula is C16H22N4O3. The topological polar surface area (TPSA) is 70.3 Å². The van der Waals surface area contributed by atoms with Crippen molar-refractivity contribution in [2.45, 2.75) is 6.92 Å². The minimum absolute atomic E-state index is 0.0149. The first-order chi connectivity index (χ1) is 11.2. The standard InChI is InChI=1S/C16H22N4O3/c1-13-11-20-4-2-3-14(16(20)17-13)23-12-15(22)19-7-5-18(6-8-19)9-10-21/h2-4,11,21H,5-10,12H2,1H3. The van der Waals surface area contributed by atoms with E-state index in [1.807, 2.05) is 40.8 Å². The number of hydrogen-bond donors (Lipinski definition) is 1. The third-order valence-corrected chi connectivity index (χ3v) is 4.06. The second kappa shape index (κ2) is 6.97. The van der Waals surface area contributed by atoms with Crippen molar-refractivity contribution < 1.29 is 14.6 Å². The minimum Gasteiger partial charge on any atom is -0.480 e. The van der Waals surface area contributed by atoms with Crippen LogP contribution in [-0.2, 0) is 4.79 Å². The molecule has 0 unspecified atom stereocenters. The van der Waals surface area contributed by atoms with Crippen LogP contribution in [0, 0.1) is 6.92 Å². The van der Waals surface area contributed by atoms with E-state index in [1.165, 1.54) is 0 Å². The lowest BCUT2D eigenvalue weighted by Crippen LogP contribution is -2.50. The number of aromatic nitrogens is 2. The Bertz CT molecular complexity index is 677. The van der Waals surface area contributed by atoms with Gasteiger partial charge in [0.05, 0.1) is 12.3 Å². The molecule has 0 bridgehead atoms. The van der Waals surface area contributed by atoms with Crippen LogP contribution >= 0.6 is 0 Å². The summed E-state index contributed by atoms with van der Waals surface area (Å²) in [4.78, 5) is 20.7. The third kappa shape index (κ3) is 3.62. The van der Waals surface area contributed by atoms with Crippen LogP contribution in [0.3, 0.4) is 0 Å². The Balaban J connectivity index is 1.56. The number of carbonyl (C=O) groups excluding carboxylic acids is 1. The van der Waals surface area contributed by atoms with Crippen LogP contribution in [0.25, 0.3) is 5.65 Å². The quantitative estimate of drug-likeness (QED) is 0.850. The monoisotopic (exact) mass is 318 g/mol. The lowest BCUT2D eigenvalue weighted by atomic mass is 10.3. The summed E-state index contributed by atoms with van der Waals surface area (Å²) in [5.74, 6) is 0.604. The number of nitrogens with zero attached hydrogens (tertiary/aromatic N) is 4. The van der Waals surface area contributed by atoms with Crippen molar-refractivity contribution in [1.29, 1.82) is 0 Å². The van der Waals surface area contributed by atoms with E-state index in [0.29, 0.717) is 25.4 Å². The van der Waals surface area contributed by atoms with E-state index in [4.69, 9.17) is 9.84 Å². The molecule has 1 N–H and O–H groups in total. The van der Waals surface area contributed by atoms with Crippen molar-refractivity contribution in [2.75, 3.05) is 45.9 Å². The Hall–Kier alpha value is -2.12. The maximum absolute atomic E-state index is 12.3. The van der Waals surface area contributed by atoms with Gasteiger partial charge in [-0.2, -0.15) is 0 Å². The molecule has 23 heavy (non-hydrogen) atoms. The van der Waals surface area contributed by atoms with Crippen LogP contribution in [0.5, 0.6) is 5.75 Å². The molecule has 0 radical (unpaired) electrons. The summed E-state index contributed by atoms with van der Waals surface area (Å²) in [6.45, 7) is 5.70. The molecule has 0 saturated carbocycles. The van der Waals surface area contributed by atoms with Crippen molar-refractivity contribution in [1.82, 2.24) is 19.2 Å². The van der Waals surface area contributed by atoms with Gasteiger partial charge in [-0.25, -0.2) is 4.98 Å². The van der Waals surface area contributed by atoms with Gasteiger partial charge in [0.25, 0.3) is 5.91 Å². The number of piperazine rings is 1. The highest BCUT2D eigenvalue weighted by atomic mass is 16.5. The van der Waals surface area contributed by atoms with Gasteiger partial charge in [0.1, 0.15) is 0 Å². The second-order valence-corrected chi connectivity index (χ2v) is 5.72. The lowest BCUT2D eigenvalue weighted by Gasteiger charge is -2.34. The fraction of sp³-hybridized carbons (Fsp3) is 0.500. The summed E-state index contributed by atoms with van der Waals surface area (Å²) < 4.78 is 7.59. The van der Waals surface area contributed by atoms with Gasteiger partial charge in [-0.05, 0) is 19.1 Å². The van der Waals surface area contributed by atoms with Crippen molar-refractivity contribution in [2.24, 2.45) is 0 Å². The van der Waals surface area contributed by atoms with Crippen LogP contribution in [0.1, 0.15) is 5.69 Å². The zero-order valence-electron chi connectivity index (χ0n) is 13.3. The predicted molar refractivity (Wildman–Crippen MR) is 85.5 cm³/mol. The molecule has 0 atom stereocenters. The molecule has 0 aromatic carbocycles. The minimum atomic E-state index is -0.0149. The third-order valence-electron chi connectivity index (χ3n) is 4.06. The van der Waals surface area contributed by atoms with Crippen LogP contribution in [0.2, 0.25) is 0 Å². The number of β-amino-alcohol motifs (C(OH)–C–C–N with tert-alkyl or cyclic N) is 1. The Labute approximate surface area is 135 Å². The molecule has 124 valence electrons. The number of aliphatic hydroxyl groups excluding tert-OH is 1.